The number of sulfonamides is 1. The monoisotopic (exact) mass is 762 g/mol. The minimum atomic E-state index is -3.93. The SMILES string of the molecule is CC1=C2C(=CC=C(S(=O)(=O)N3CCCc4ccc(CCCCC(=O)NCC(NC(=O)OCc5ccccc5)C(=O)OC(C)(C)C)nc43)C2(C)C)OC1(C)C. The molecule has 3 aliphatic rings. The summed E-state index contributed by atoms with van der Waals surface area (Å²) < 4.78 is 47.2. The van der Waals surface area contributed by atoms with Crippen molar-refractivity contribution >= 4 is 33.8 Å². The van der Waals surface area contributed by atoms with Crippen LogP contribution in [-0.4, -0.2) is 61.7 Å². The highest BCUT2D eigenvalue weighted by Gasteiger charge is 2.49. The summed E-state index contributed by atoms with van der Waals surface area (Å²) in [5.41, 5.74) is 2.23. The zero-order valence-electron chi connectivity index (χ0n) is 32.7. The van der Waals surface area contributed by atoms with Gasteiger partial charge in [-0.2, -0.15) is 0 Å². The standard InChI is InChI=1S/C41H54N4O8S/c1-27-35-32(52-41(27,7)8)22-23-33(40(35,5)6)54(49,50)45-24-14-17-29-20-21-30(43-36(29)45)18-12-13-19-34(46)42-25-31(37(47)53-39(2,3)4)44-38(48)51-26-28-15-10-9-11-16-28/h9-11,15-16,20-23,31H,12-14,17-19,24-26H2,1-8H3,(H,42,46)(H,44,48). The Morgan fingerprint density at radius 2 is 1.74 bits per heavy atom. The second kappa shape index (κ2) is 16.0. The van der Waals surface area contributed by atoms with E-state index in [1.807, 2.05) is 77.1 Å². The van der Waals surface area contributed by atoms with E-state index in [1.165, 1.54) is 4.31 Å². The Balaban J connectivity index is 1.17. The highest BCUT2D eigenvalue weighted by molar-refractivity contribution is 7.96. The van der Waals surface area contributed by atoms with Gasteiger partial charge in [-0.15, -0.1) is 0 Å². The molecule has 0 fully saturated rings. The summed E-state index contributed by atoms with van der Waals surface area (Å²) >= 11 is 0. The molecule has 13 heteroatoms. The number of unbranched alkanes of at least 4 members (excludes halogenated alkanes) is 1. The number of hydrogen-bond donors (Lipinski definition) is 2. The van der Waals surface area contributed by atoms with Crippen molar-refractivity contribution in [1.29, 1.82) is 0 Å². The average molecular weight is 763 g/mol. The number of rotatable bonds is 13. The van der Waals surface area contributed by atoms with Crippen LogP contribution in [0.15, 0.2) is 76.4 Å². The summed E-state index contributed by atoms with van der Waals surface area (Å²) in [6.07, 6.45) is 5.94. The molecule has 2 N–H and O–H groups in total. The third-order valence-corrected chi connectivity index (χ3v) is 12.1. The Morgan fingerprint density at radius 1 is 1.02 bits per heavy atom. The van der Waals surface area contributed by atoms with Gasteiger partial charge in [0.1, 0.15) is 35.4 Å². The van der Waals surface area contributed by atoms with Gasteiger partial charge in [-0.1, -0.05) is 50.2 Å². The first kappa shape index (κ1) is 40.5. The zero-order valence-corrected chi connectivity index (χ0v) is 33.5. The second-order valence-electron chi connectivity index (χ2n) is 16.1. The molecule has 0 saturated carbocycles. The van der Waals surface area contributed by atoms with Crippen LogP contribution in [0.5, 0.6) is 0 Å². The van der Waals surface area contributed by atoms with Crippen LogP contribution < -0.4 is 14.9 Å². The number of allylic oxidation sites excluding steroid dienone is 4. The van der Waals surface area contributed by atoms with Crippen molar-refractivity contribution in [2.24, 2.45) is 5.41 Å². The summed E-state index contributed by atoms with van der Waals surface area (Å²) in [7, 11) is -3.93. The van der Waals surface area contributed by atoms with Crippen LogP contribution in [0.1, 0.15) is 97.9 Å². The molecule has 0 radical (unpaired) electrons. The number of carbonyl (C=O) groups excluding carboxylic acids is 3. The summed E-state index contributed by atoms with van der Waals surface area (Å²) in [6.45, 7) is 15.2. The molecule has 12 nitrogen and oxygen atoms in total. The molecule has 2 aromatic rings. The Morgan fingerprint density at radius 3 is 2.44 bits per heavy atom. The number of ether oxygens (including phenoxy) is 3. The summed E-state index contributed by atoms with van der Waals surface area (Å²) in [6, 6.07) is 11.9. The smallest absolute Gasteiger partial charge is 0.408 e. The number of nitrogens with one attached hydrogen (secondary N) is 2. The molecule has 1 aromatic carbocycles. The van der Waals surface area contributed by atoms with Crippen LogP contribution in [-0.2, 0) is 53.3 Å². The maximum absolute atomic E-state index is 14.4. The molecule has 1 aromatic heterocycles. The molecule has 0 bridgehead atoms. The van der Waals surface area contributed by atoms with Gasteiger partial charge in [0.25, 0.3) is 10.0 Å². The van der Waals surface area contributed by atoms with E-state index >= 15 is 0 Å². The van der Waals surface area contributed by atoms with Crippen molar-refractivity contribution in [3.05, 3.63) is 93.2 Å². The van der Waals surface area contributed by atoms with Gasteiger partial charge in [-0.05, 0) is 109 Å². The van der Waals surface area contributed by atoms with E-state index in [4.69, 9.17) is 19.2 Å². The molecule has 5 rings (SSSR count). The largest absolute Gasteiger partial charge is 0.483 e. The molecule has 3 heterocycles. The molecule has 2 aliphatic heterocycles. The van der Waals surface area contributed by atoms with Crippen molar-refractivity contribution < 1.29 is 37.0 Å². The number of hydrogen-bond acceptors (Lipinski definition) is 9. The van der Waals surface area contributed by atoms with Crippen LogP contribution in [0, 0.1) is 5.41 Å². The van der Waals surface area contributed by atoms with Crippen LogP contribution in [0.2, 0.25) is 0 Å². The zero-order chi connectivity index (χ0) is 39.5. The van der Waals surface area contributed by atoms with E-state index in [-0.39, 0.29) is 25.5 Å². The van der Waals surface area contributed by atoms with Gasteiger partial charge < -0.3 is 24.8 Å². The van der Waals surface area contributed by atoms with Crippen LogP contribution >= 0.6 is 0 Å². The van der Waals surface area contributed by atoms with E-state index in [9.17, 15) is 22.8 Å². The molecule has 1 aliphatic carbocycles. The summed E-state index contributed by atoms with van der Waals surface area (Å²) in [5.74, 6) is 0.191. The van der Waals surface area contributed by atoms with Gasteiger partial charge in [0.05, 0.1) is 4.91 Å². The van der Waals surface area contributed by atoms with Gasteiger partial charge >= 0.3 is 12.1 Å². The third kappa shape index (κ3) is 9.34. The number of aromatic nitrogens is 1. The molecule has 292 valence electrons. The number of pyridine rings is 1. The van der Waals surface area contributed by atoms with E-state index in [0.29, 0.717) is 48.7 Å². The fourth-order valence-electron chi connectivity index (χ4n) is 6.98. The first-order chi connectivity index (χ1) is 25.3. The molecule has 2 amide bonds. The van der Waals surface area contributed by atoms with Crippen LogP contribution in [0.3, 0.4) is 0 Å². The fourth-order valence-corrected chi connectivity index (χ4v) is 8.96. The van der Waals surface area contributed by atoms with E-state index in [1.54, 1.807) is 32.9 Å². The lowest BCUT2D eigenvalue weighted by atomic mass is 9.76. The van der Waals surface area contributed by atoms with Crippen molar-refractivity contribution in [3.63, 3.8) is 0 Å². The number of amides is 2. The van der Waals surface area contributed by atoms with E-state index in [0.717, 1.165) is 34.4 Å². The Hall–Kier alpha value is -4.65. The van der Waals surface area contributed by atoms with Gasteiger partial charge in [0, 0.05) is 36.2 Å². The summed E-state index contributed by atoms with van der Waals surface area (Å²) in [4.78, 5) is 43.4. The van der Waals surface area contributed by atoms with E-state index in [2.05, 4.69) is 10.6 Å². The number of esters is 1. The van der Waals surface area contributed by atoms with Crippen molar-refractivity contribution in [2.75, 3.05) is 17.4 Å². The average Bonchev–Trinajstić information content (AvgIpc) is 3.34. The highest BCUT2D eigenvalue weighted by Crippen LogP contribution is 2.53. The number of nitrogens with zero attached hydrogens (tertiary/aromatic N) is 2. The summed E-state index contributed by atoms with van der Waals surface area (Å²) in [5, 5.41) is 5.24. The molecule has 1 unspecified atom stereocenters. The number of benzene rings is 1. The Bertz CT molecular complexity index is 1960. The van der Waals surface area contributed by atoms with Crippen LogP contribution in [0.25, 0.3) is 0 Å². The quantitative estimate of drug-likeness (QED) is 0.171. The highest BCUT2D eigenvalue weighted by atomic mass is 32.2. The molecule has 54 heavy (non-hydrogen) atoms. The van der Waals surface area contributed by atoms with Gasteiger partial charge in [-0.3, -0.25) is 4.79 Å². The first-order valence-corrected chi connectivity index (χ1v) is 20.1. The van der Waals surface area contributed by atoms with Gasteiger partial charge in [0.15, 0.2) is 0 Å². The first-order valence-electron chi connectivity index (χ1n) is 18.6. The Kier molecular flexibility index (Phi) is 12.0. The Labute approximate surface area is 319 Å². The van der Waals surface area contributed by atoms with Gasteiger partial charge in [0.2, 0.25) is 5.91 Å². The fraction of sp³-hybridized carbons (Fsp3) is 0.512. The van der Waals surface area contributed by atoms with Crippen molar-refractivity contribution in [3.8, 4) is 0 Å². The number of fused-ring (bicyclic) bond motifs is 2. The molecule has 0 spiro atoms. The minimum Gasteiger partial charge on any atom is -0.483 e. The third-order valence-electron chi connectivity index (χ3n) is 9.93. The van der Waals surface area contributed by atoms with Crippen molar-refractivity contribution in [2.45, 2.75) is 118 Å². The maximum atomic E-state index is 14.4. The lowest BCUT2D eigenvalue weighted by Crippen LogP contribution is -2.50. The number of carbonyl (C=O) groups is 3. The second-order valence-corrected chi connectivity index (χ2v) is 17.9. The lowest BCUT2D eigenvalue weighted by molar-refractivity contribution is -0.157. The minimum absolute atomic E-state index is 0.0220. The number of alkyl carbamates (subject to hydrolysis) is 1. The predicted molar refractivity (Wildman–Crippen MR) is 207 cm³/mol. The molecular formula is C41H54N4O8S. The normalized spacial score (nSPS) is 18.0. The van der Waals surface area contributed by atoms with Gasteiger partial charge in [-0.25, -0.2) is 27.3 Å². The number of aryl methyl sites for hydroxylation is 2. The topological polar surface area (TPSA) is 153 Å². The predicted octanol–water partition coefficient (Wildman–Crippen LogP) is 6.56. The molecular weight excluding hydrogens is 709 g/mol. The number of anilines is 1. The molecule has 0 saturated heterocycles. The van der Waals surface area contributed by atoms with Crippen molar-refractivity contribution in [1.82, 2.24) is 15.6 Å². The maximum Gasteiger partial charge on any atom is 0.408 e. The van der Waals surface area contributed by atoms with E-state index < -0.39 is 44.7 Å². The molecule has 1 atom stereocenters. The lowest BCUT2D eigenvalue weighted by Gasteiger charge is -2.37. The van der Waals surface area contributed by atoms with Crippen LogP contribution in [0.4, 0.5) is 10.6 Å².